The van der Waals surface area contributed by atoms with Crippen molar-refractivity contribution in [3.63, 3.8) is 0 Å². The molecule has 0 amide bonds. The van der Waals surface area contributed by atoms with Gasteiger partial charge in [0.2, 0.25) is 0 Å². The van der Waals surface area contributed by atoms with E-state index in [9.17, 15) is 0 Å². The van der Waals surface area contributed by atoms with Gasteiger partial charge in [-0.05, 0) is 46.5 Å². The van der Waals surface area contributed by atoms with Crippen LogP contribution in [0.1, 0.15) is 0 Å². The first-order valence-electron chi connectivity index (χ1n) is 20.0. The highest BCUT2D eigenvalue weighted by Gasteiger charge is 2.19. The number of aromatic nitrogens is 4. The van der Waals surface area contributed by atoms with Gasteiger partial charge in [-0.25, -0.2) is 19.9 Å². The fraction of sp³-hybridized carbons (Fsp3) is 0. The zero-order valence-electron chi connectivity index (χ0n) is 32.1. The molecule has 6 heteroatoms. The van der Waals surface area contributed by atoms with Crippen LogP contribution in [0.15, 0.2) is 199 Å². The van der Waals surface area contributed by atoms with Gasteiger partial charge in [-0.3, -0.25) is 0 Å². The van der Waals surface area contributed by atoms with E-state index in [1.165, 1.54) is 31.3 Å². The summed E-state index contributed by atoms with van der Waals surface area (Å²) >= 11 is 1.86. The van der Waals surface area contributed by atoms with Gasteiger partial charge in [0.15, 0.2) is 17.5 Å². The quantitative estimate of drug-likeness (QED) is 0.168. The van der Waals surface area contributed by atoms with Crippen LogP contribution in [0.5, 0.6) is 0 Å². The number of benzene rings is 8. The standard InChI is InChI=1S/C54H32N4OS/c1-3-12-36(13-4-1)52-56-53(37-14-5-2-6-15-37)58-54(57-52)38-28-26-35(27-29-38)49-48-44-17-7-9-20-46(44)59-50(48)43-31-30-39(32-45(43)55-49)33-22-24-34(25-23-33)40-18-11-19-42-41-16-8-10-21-47(41)60-51(40)42/h1-32H. The molecule has 0 saturated heterocycles. The summed E-state index contributed by atoms with van der Waals surface area (Å²) in [6, 6.07) is 67.4. The van der Waals surface area contributed by atoms with E-state index in [-0.39, 0.29) is 0 Å². The van der Waals surface area contributed by atoms with Gasteiger partial charge in [0.25, 0.3) is 0 Å². The van der Waals surface area contributed by atoms with Crippen LogP contribution in [0.2, 0.25) is 0 Å². The van der Waals surface area contributed by atoms with Gasteiger partial charge in [0, 0.05) is 53.2 Å². The minimum atomic E-state index is 0.607. The third-order valence-electron chi connectivity index (χ3n) is 11.4. The number of nitrogens with zero attached hydrogens (tertiary/aromatic N) is 4. The monoisotopic (exact) mass is 784 g/mol. The zero-order chi connectivity index (χ0) is 39.6. The van der Waals surface area contributed by atoms with Crippen LogP contribution in [-0.4, -0.2) is 19.9 Å². The maximum absolute atomic E-state index is 6.63. The Morgan fingerprint density at radius 1 is 0.367 bits per heavy atom. The van der Waals surface area contributed by atoms with Crippen molar-refractivity contribution in [2.75, 3.05) is 0 Å². The molecule has 280 valence electrons. The SMILES string of the molecule is c1ccc(-c2nc(-c3ccccc3)nc(-c3ccc(-c4nc5cc(-c6ccc(-c7cccc8c7sc7ccccc78)cc6)ccc5c5oc6ccccc6c45)cc3)n2)cc1. The van der Waals surface area contributed by atoms with Gasteiger partial charge in [0.1, 0.15) is 11.2 Å². The summed E-state index contributed by atoms with van der Waals surface area (Å²) in [5.41, 5.74) is 11.8. The van der Waals surface area contributed by atoms with E-state index in [0.717, 1.165) is 71.9 Å². The van der Waals surface area contributed by atoms with Crippen LogP contribution < -0.4 is 0 Å². The summed E-state index contributed by atoms with van der Waals surface area (Å²) in [6.07, 6.45) is 0. The number of rotatable bonds is 6. The maximum atomic E-state index is 6.63. The fourth-order valence-electron chi connectivity index (χ4n) is 8.38. The van der Waals surface area contributed by atoms with Crippen molar-refractivity contribution in [3.8, 4) is 67.7 Å². The first kappa shape index (κ1) is 34.3. The molecule has 60 heavy (non-hydrogen) atoms. The van der Waals surface area contributed by atoms with Crippen molar-refractivity contribution < 1.29 is 4.42 Å². The molecular weight excluding hydrogens is 753 g/mol. The summed E-state index contributed by atoms with van der Waals surface area (Å²) in [6.45, 7) is 0. The Kier molecular flexibility index (Phi) is 7.96. The van der Waals surface area contributed by atoms with Crippen LogP contribution in [0.3, 0.4) is 0 Å². The Balaban J connectivity index is 0.951. The second-order valence-corrected chi connectivity index (χ2v) is 16.0. The lowest BCUT2D eigenvalue weighted by molar-refractivity contribution is 0.672. The van der Waals surface area contributed by atoms with Crippen LogP contribution in [-0.2, 0) is 0 Å². The summed E-state index contributed by atoms with van der Waals surface area (Å²) in [5, 5.41) is 5.62. The number of fused-ring (bicyclic) bond motifs is 8. The molecule has 0 radical (unpaired) electrons. The highest BCUT2D eigenvalue weighted by atomic mass is 32.1. The van der Waals surface area contributed by atoms with Gasteiger partial charge < -0.3 is 4.42 Å². The first-order chi connectivity index (χ1) is 29.7. The zero-order valence-corrected chi connectivity index (χ0v) is 32.9. The molecule has 8 aromatic carbocycles. The molecule has 0 N–H and O–H groups in total. The first-order valence-corrected chi connectivity index (χ1v) is 20.8. The molecule has 12 rings (SSSR count). The van der Waals surface area contributed by atoms with Gasteiger partial charge in [-0.15, -0.1) is 11.3 Å². The molecule has 12 aromatic rings. The number of furan rings is 1. The van der Waals surface area contributed by atoms with E-state index in [4.69, 9.17) is 24.4 Å². The molecule has 0 aliphatic rings. The Morgan fingerprint density at radius 3 is 1.63 bits per heavy atom. The van der Waals surface area contributed by atoms with Crippen LogP contribution >= 0.6 is 11.3 Å². The molecule has 0 saturated carbocycles. The van der Waals surface area contributed by atoms with Gasteiger partial charge in [-0.2, -0.15) is 0 Å². The average molecular weight is 785 g/mol. The molecule has 0 bridgehead atoms. The van der Waals surface area contributed by atoms with Gasteiger partial charge in [-0.1, -0.05) is 170 Å². The van der Waals surface area contributed by atoms with E-state index < -0.39 is 0 Å². The van der Waals surface area contributed by atoms with E-state index in [1.54, 1.807) is 0 Å². The number of thiophene rings is 1. The van der Waals surface area contributed by atoms with Crippen molar-refractivity contribution in [2.45, 2.75) is 0 Å². The minimum Gasteiger partial charge on any atom is -0.455 e. The molecule has 4 heterocycles. The van der Waals surface area contributed by atoms with E-state index in [2.05, 4.69) is 121 Å². The summed E-state index contributed by atoms with van der Waals surface area (Å²) in [5.74, 6) is 1.87. The largest absolute Gasteiger partial charge is 0.455 e. The lowest BCUT2D eigenvalue weighted by atomic mass is 9.97. The topological polar surface area (TPSA) is 64.7 Å². The Bertz CT molecular complexity index is 3520. The lowest BCUT2D eigenvalue weighted by Gasteiger charge is -2.11. The molecule has 0 fully saturated rings. The molecular formula is C54H32N4OS. The summed E-state index contributed by atoms with van der Waals surface area (Å²) < 4.78 is 9.26. The molecule has 0 aliphatic carbocycles. The third-order valence-corrected chi connectivity index (χ3v) is 12.6. The molecule has 0 unspecified atom stereocenters. The number of para-hydroxylation sites is 1. The maximum Gasteiger partial charge on any atom is 0.164 e. The van der Waals surface area contributed by atoms with Gasteiger partial charge >= 0.3 is 0 Å². The number of pyridine rings is 1. The second-order valence-electron chi connectivity index (χ2n) is 15.0. The Labute approximate surface area is 348 Å². The van der Waals surface area contributed by atoms with Crippen molar-refractivity contribution in [3.05, 3.63) is 194 Å². The van der Waals surface area contributed by atoms with Crippen LogP contribution in [0, 0.1) is 0 Å². The minimum absolute atomic E-state index is 0.607. The molecule has 4 aromatic heterocycles. The van der Waals surface area contributed by atoms with Gasteiger partial charge in [0.05, 0.1) is 16.6 Å². The van der Waals surface area contributed by atoms with Crippen molar-refractivity contribution in [1.29, 1.82) is 0 Å². The smallest absolute Gasteiger partial charge is 0.164 e. The fourth-order valence-corrected chi connectivity index (χ4v) is 9.62. The third kappa shape index (κ3) is 5.76. The van der Waals surface area contributed by atoms with Crippen molar-refractivity contribution >= 4 is 64.4 Å². The Morgan fingerprint density at radius 2 is 0.917 bits per heavy atom. The second kappa shape index (κ2) is 13.9. The van der Waals surface area contributed by atoms with E-state index >= 15 is 0 Å². The highest BCUT2D eigenvalue weighted by Crippen LogP contribution is 2.42. The van der Waals surface area contributed by atoms with E-state index in [0.29, 0.717) is 17.5 Å². The van der Waals surface area contributed by atoms with Crippen molar-refractivity contribution in [1.82, 2.24) is 19.9 Å². The van der Waals surface area contributed by atoms with Crippen LogP contribution in [0.4, 0.5) is 0 Å². The normalized spacial score (nSPS) is 11.7. The van der Waals surface area contributed by atoms with Crippen LogP contribution in [0.25, 0.3) is 121 Å². The summed E-state index contributed by atoms with van der Waals surface area (Å²) in [7, 11) is 0. The average Bonchev–Trinajstić information content (AvgIpc) is 3.91. The highest BCUT2D eigenvalue weighted by molar-refractivity contribution is 7.26. The summed E-state index contributed by atoms with van der Waals surface area (Å²) in [4.78, 5) is 20.2. The molecule has 0 spiro atoms. The molecule has 0 aliphatic heterocycles. The lowest BCUT2D eigenvalue weighted by Crippen LogP contribution is -2.00. The predicted molar refractivity (Wildman–Crippen MR) is 248 cm³/mol. The predicted octanol–water partition coefficient (Wildman–Crippen LogP) is 14.7. The molecule has 0 atom stereocenters. The number of hydrogen-bond donors (Lipinski definition) is 0. The number of hydrogen-bond acceptors (Lipinski definition) is 6. The van der Waals surface area contributed by atoms with E-state index in [1.807, 2.05) is 84.1 Å². The van der Waals surface area contributed by atoms with Crippen molar-refractivity contribution in [2.24, 2.45) is 0 Å². The Hall–Kier alpha value is -7.80. The molecule has 5 nitrogen and oxygen atoms in total.